The highest BCUT2D eigenvalue weighted by molar-refractivity contribution is 5.60. The second-order valence-corrected chi connectivity index (χ2v) is 12.9. The molecule has 5 rings (SSSR count). The summed E-state index contributed by atoms with van der Waals surface area (Å²) >= 11 is 0. The third-order valence-electron chi connectivity index (χ3n) is 9.53. The van der Waals surface area contributed by atoms with Crippen molar-refractivity contribution in [2.24, 2.45) is 0 Å². The number of rotatable bonds is 18. The lowest BCUT2D eigenvalue weighted by molar-refractivity contribution is 0.790. The van der Waals surface area contributed by atoms with E-state index in [4.69, 9.17) is 0 Å². The Bertz CT molecular complexity index is 1560. The van der Waals surface area contributed by atoms with E-state index in [0.29, 0.717) is 0 Å². The fraction of sp³-hybridized carbons (Fsp3) is 0.333. The summed E-state index contributed by atoms with van der Waals surface area (Å²) in [4.78, 5) is 2.42. The molecule has 5 aromatic rings. The van der Waals surface area contributed by atoms with E-state index in [0.717, 1.165) is 39.0 Å². The summed E-state index contributed by atoms with van der Waals surface area (Å²) in [5.74, 6) is 0.142. The van der Waals surface area contributed by atoms with Crippen molar-refractivity contribution in [1.82, 2.24) is 0 Å². The molecule has 0 amide bonds. The van der Waals surface area contributed by atoms with Crippen molar-refractivity contribution in [3.05, 3.63) is 160 Å². The van der Waals surface area contributed by atoms with Crippen LogP contribution in [0.5, 0.6) is 0 Å². The molecule has 0 radical (unpaired) electrons. The number of nitrogens with one attached hydrogen (secondary N) is 2. The van der Waals surface area contributed by atoms with Gasteiger partial charge in [0.25, 0.3) is 0 Å². The van der Waals surface area contributed by atoms with Crippen molar-refractivity contribution in [3.8, 4) is 0 Å². The molecule has 5 aromatic carbocycles. The zero-order valence-corrected chi connectivity index (χ0v) is 29.6. The van der Waals surface area contributed by atoms with E-state index in [1.807, 2.05) is 0 Å². The van der Waals surface area contributed by atoms with Crippen molar-refractivity contribution in [2.75, 3.05) is 28.6 Å². The van der Waals surface area contributed by atoms with Crippen molar-refractivity contribution in [2.45, 2.75) is 85.2 Å². The number of anilines is 3. The van der Waals surface area contributed by atoms with Crippen LogP contribution in [0.2, 0.25) is 0 Å². The molecule has 3 heteroatoms. The molecule has 0 aromatic heterocycles. The van der Waals surface area contributed by atoms with Crippen LogP contribution in [0.1, 0.15) is 98.2 Å². The molecule has 0 saturated heterocycles. The first-order valence-corrected chi connectivity index (χ1v) is 18.3. The summed E-state index contributed by atoms with van der Waals surface area (Å²) in [6, 6.07) is 45.1. The lowest BCUT2D eigenvalue weighted by Gasteiger charge is -2.25. The average molecular weight is 638 g/mol. The summed E-state index contributed by atoms with van der Waals surface area (Å²) in [7, 11) is 0. The maximum Gasteiger partial charge on any atom is 0.0400 e. The van der Waals surface area contributed by atoms with E-state index < -0.39 is 0 Å². The van der Waals surface area contributed by atoms with Crippen LogP contribution in [0.3, 0.4) is 0 Å². The van der Waals surface area contributed by atoms with Gasteiger partial charge in [-0.15, -0.1) is 0 Å². The average Bonchev–Trinajstić information content (AvgIpc) is 3.14. The molecule has 0 aliphatic carbocycles. The van der Waals surface area contributed by atoms with Crippen LogP contribution >= 0.6 is 0 Å². The van der Waals surface area contributed by atoms with Crippen LogP contribution in [0.25, 0.3) is 0 Å². The van der Waals surface area contributed by atoms with Gasteiger partial charge in [-0.05, 0) is 103 Å². The largest absolute Gasteiger partial charge is 0.381 e. The van der Waals surface area contributed by atoms with Gasteiger partial charge in [0.15, 0.2) is 0 Å². The first kappa shape index (κ1) is 34.8. The molecule has 250 valence electrons. The Kier molecular flexibility index (Phi) is 13.2. The third-order valence-corrected chi connectivity index (χ3v) is 9.53. The van der Waals surface area contributed by atoms with Crippen molar-refractivity contribution in [3.63, 3.8) is 0 Å². The molecule has 0 aliphatic rings. The molecule has 0 atom stereocenters. The standard InChI is InChI=1S/C45H55N3/c1-5-9-21-38-31-40(25-29-43(38)46-33-35-17-13-11-14-18-35)45(37-23-27-42(28-24-37)48(7-3)8-4)41-26-30-44(39(32-41)22-10-6-2)47-34-36-19-15-12-16-20-36/h11-20,23-32,45-47H,5-10,21-22,33-34H2,1-4H3. The van der Waals surface area contributed by atoms with Gasteiger partial charge >= 0.3 is 0 Å². The van der Waals surface area contributed by atoms with E-state index in [1.165, 1.54) is 81.7 Å². The number of hydrogen-bond donors (Lipinski definition) is 2. The number of nitrogens with zero attached hydrogens (tertiary/aromatic N) is 1. The van der Waals surface area contributed by atoms with Gasteiger partial charge < -0.3 is 15.5 Å². The molecule has 0 heterocycles. The van der Waals surface area contributed by atoms with Gasteiger partial charge in [-0.25, -0.2) is 0 Å². The van der Waals surface area contributed by atoms with E-state index in [2.05, 4.69) is 165 Å². The summed E-state index contributed by atoms with van der Waals surface area (Å²) in [5.41, 5.74) is 13.2. The van der Waals surface area contributed by atoms with E-state index in [1.54, 1.807) is 0 Å². The Balaban J connectivity index is 1.54. The highest BCUT2D eigenvalue weighted by Gasteiger charge is 2.20. The summed E-state index contributed by atoms with van der Waals surface area (Å²) in [6.07, 6.45) is 6.84. The molecule has 0 fully saturated rings. The Morgan fingerprint density at radius 2 is 0.938 bits per heavy atom. The van der Waals surface area contributed by atoms with E-state index in [9.17, 15) is 0 Å². The van der Waals surface area contributed by atoms with Crippen LogP contribution in [-0.4, -0.2) is 13.1 Å². The topological polar surface area (TPSA) is 27.3 Å². The van der Waals surface area contributed by atoms with Crippen LogP contribution < -0.4 is 15.5 Å². The van der Waals surface area contributed by atoms with Gasteiger partial charge in [0.1, 0.15) is 0 Å². The van der Waals surface area contributed by atoms with Gasteiger partial charge in [-0.2, -0.15) is 0 Å². The summed E-state index contributed by atoms with van der Waals surface area (Å²) < 4.78 is 0. The zero-order valence-electron chi connectivity index (χ0n) is 29.6. The SMILES string of the molecule is CCCCc1cc(C(c2ccc(N(CC)CC)cc2)c2ccc(NCc3ccccc3)c(CCCC)c2)ccc1NCc1ccccc1. The number of unbranched alkanes of at least 4 members (excludes halogenated alkanes) is 2. The van der Waals surface area contributed by atoms with Crippen molar-refractivity contribution in [1.29, 1.82) is 0 Å². The van der Waals surface area contributed by atoms with E-state index in [-0.39, 0.29) is 5.92 Å². The molecule has 0 unspecified atom stereocenters. The summed E-state index contributed by atoms with van der Waals surface area (Å²) in [6.45, 7) is 12.7. The first-order chi connectivity index (χ1) is 23.6. The Labute approximate surface area is 290 Å². The molecule has 2 N–H and O–H groups in total. The van der Waals surface area contributed by atoms with Crippen LogP contribution in [0, 0.1) is 0 Å². The molecular formula is C45H55N3. The minimum atomic E-state index is 0.142. The van der Waals surface area contributed by atoms with Gasteiger partial charge in [0.05, 0.1) is 0 Å². The van der Waals surface area contributed by atoms with Crippen LogP contribution in [0.15, 0.2) is 121 Å². The molecular weight excluding hydrogens is 583 g/mol. The Morgan fingerprint density at radius 3 is 1.35 bits per heavy atom. The number of benzene rings is 5. The highest BCUT2D eigenvalue weighted by atomic mass is 15.1. The van der Waals surface area contributed by atoms with Crippen molar-refractivity contribution >= 4 is 17.1 Å². The predicted molar refractivity (Wildman–Crippen MR) is 209 cm³/mol. The molecule has 0 saturated carbocycles. The van der Waals surface area contributed by atoms with Crippen LogP contribution in [-0.2, 0) is 25.9 Å². The third kappa shape index (κ3) is 9.31. The fourth-order valence-electron chi connectivity index (χ4n) is 6.71. The Morgan fingerprint density at radius 1 is 0.500 bits per heavy atom. The minimum absolute atomic E-state index is 0.142. The van der Waals surface area contributed by atoms with Crippen LogP contribution in [0.4, 0.5) is 17.1 Å². The van der Waals surface area contributed by atoms with E-state index >= 15 is 0 Å². The highest BCUT2D eigenvalue weighted by Crippen LogP contribution is 2.37. The smallest absolute Gasteiger partial charge is 0.0400 e. The second-order valence-electron chi connectivity index (χ2n) is 12.9. The normalized spacial score (nSPS) is 11.1. The second kappa shape index (κ2) is 18.2. The minimum Gasteiger partial charge on any atom is -0.381 e. The lowest BCUT2D eigenvalue weighted by Crippen LogP contribution is -2.21. The predicted octanol–water partition coefficient (Wildman–Crippen LogP) is 11.6. The molecule has 3 nitrogen and oxygen atoms in total. The molecule has 0 bridgehead atoms. The zero-order chi connectivity index (χ0) is 33.6. The van der Waals surface area contributed by atoms with Gasteiger partial charge in [0.2, 0.25) is 0 Å². The van der Waals surface area contributed by atoms with Crippen molar-refractivity contribution < 1.29 is 0 Å². The van der Waals surface area contributed by atoms with Gasteiger partial charge in [-0.1, -0.05) is 124 Å². The van der Waals surface area contributed by atoms with Gasteiger partial charge in [-0.3, -0.25) is 0 Å². The van der Waals surface area contributed by atoms with Gasteiger partial charge in [0, 0.05) is 49.2 Å². The molecule has 0 spiro atoms. The maximum atomic E-state index is 3.77. The molecule has 48 heavy (non-hydrogen) atoms. The Hall–Kier alpha value is -4.50. The summed E-state index contributed by atoms with van der Waals surface area (Å²) in [5, 5.41) is 7.54. The first-order valence-electron chi connectivity index (χ1n) is 18.3. The monoisotopic (exact) mass is 637 g/mol. The number of hydrogen-bond acceptors (Lipinski definition) is 3. The maximum absolute atomic E-state index is 3.77. The molecule has 0 aliphatic heterocycles. The quantitative estimate of drug-likeness (QED) is 0.0936. The lowest BCUT2D eigenvalue weighted by atomic mass is 9.82. The number of aryl methyl sites for hydroxylation is 2. The fourth-order valence-corrected chi connectivity index (χ4v) is 6.71.